The second-order valence-corrected chi connectivity index (χ2v) is 6.33. The monoisotopic (exact) mass is 301 g/mol. The van der Waals surface area contributed by atoms with Crippen molar-refractivity contribution in [2.75, 3.05) is 0 Å². The fourth-order valence-electron chi connectivity index (χ4n) is 2.24. The summed E-state index contributed by atoms with van der Waals surface area (Å²) in [5.74, 6) is 0.0969. The molecule has 0 aliphatic carbocycles. The van der Waals surface area contributed by atoms with Gasteiger partial charge in [-0.3, -0.25) is 4.79 Å². The van der Waals surface area contributed by atoms with Crippen LogP contribution >= 0.6 is 11.3 Å². The van der Waals surface area contributed by atoms with Gasteiger partial charge < -0.3 is 5.32 Å². The zero-order valence-electron chi connectivity index (χ0n) is 12.8. The first kappa shape index (κ1) is 15.8. The number of unbranched alkanes of at least 4 members (excludes halogenated alkanes) is 1. The van der Waals surface area contributed by atoms with Crippen molar-refractivity contribution in [2.45, 2.75) is 46.1 Å². The Morgan fingerprint density at radius 2 is 1.95 bits per heavy atom. The second kappa shape index (κ2) is 7.99. The molecule has 112 valence electrons. The number of thiophene rings is 1. The quantitative estimate of drug-likeness (QED) is 0.783. The molecule has 1 amide bonds. The lowest BCUT2D eigenvalue weighted by molar-refractivity contribution is -0.120. The van der Waals surface area contributed by atoms with Gasteiger partial charge >= 0.3 is 0 Å². The molecule has 0 unspecified atom stereocenters. The summed E-state index contributed by atoms with van der Waals surface area (Å²) in [6.07, 6.45) is 4.17. The van der Waals surface area contributed by atoms with E-state index >= 15 is 0 Å². The number of hydrogen-bond donors (Lipinski definition) is 1. The van der Waals surface area contributed by atoms with Gasteiger partial charge in [-0.15, -0.1) is 11.3 Å². The third kappa shape index (κ3) is 4.43. The van der Waals surface area contributed by atoms with Crippen molar-refractivity contribution in [1.29, 1.82) is 0 Å². The van der Waals surface area contributed by atoms with E-state index in [1.807, 2.05) is 24.3 Å². The lowest BCUT2D eigenvalue weighted by Gasteiger charge is -2.09. The number of hydrogen-bond acceptors (Lipinski definition) is 2. The van der Waals surface area contributed by atoms with Gasteiger partial charge in [0.25, 0.3) is 0 Å². The molecule has 1 heterocycles. The standard InChI is InChI=1S/C18H23NOS/c1-3-5-9-15-11-12-17(21-15)16-10-7-6-8-14(16)13-19-18(20)4-2/h6-8,10-12H,3-5,9,13H2,1-2H3,(H,19,20). The molecule has 2 nitrogen and oxygen atoms in total. The number of nitrogens with one attached hydrogen (secondary N) is 1. The van der Waals surface area contributed by atoms with Crippen molar-refractivity contribution in [2.24, 2.45) is 0 Å². The zero-order chi connectivity index (χ0) is 15.1. The van der Waals surface area contributed by atoms with Crippen LogP contribution in [0.4, 0.5) is 0 Å². The van der Waals surface area contributed by atoms with E-state index in [0.717, 1.165) is 6.42 Å². The van der Waals surface area contributed by atoms with E-state index in [9.17, 15) is 4.79 Å². The summed E-state index contributed by atoms with van der Waals surface area (Å²) in [5.41, 5.74) is 2.42. The molecule has 1 aromatic carbocycles. The van der Waals surface area contributed by atoms with Gasteiger partial charge in [-0.2, -0.15) is 0 Å². The smallest absolute Gasteiger partial charge is 0.219 e. The Bertz CT molecular complexity index is 588. The number of benzene rings is 1. The van der Waals surface area contributed by atoms with Gasteiger partial charge in [0.15, 0.2) is 0 Å². The van der Waals surface area contributed by atoms with E-state index in [0.29, 0.717) is 13.0 Å². The molecule has 21 heavy (non-hydrogen) atoms. The lowest BCUT2D eigenvalue weighted by atomic mass is 10.1. The number of amides is 1. The summed E-state index contributed by atoms with van der Waals surface area (Å²) in [5, 5.41) is 2.97. The minimum Gasteiger partial charge on any atom is -0.352 e. The summed E-state index contributed by atoms with van der Waals surface area (Å²) in [6, 6.07) is 12.8. The van der Waals surface area contributed by atoms with Gasteiger partial charge in [-0.1, -0.05) is 44.5 Å². The van der Waals surface area contributed by atoms with Crippen LogP contribution in [-0.2, 0) is 17.8 Å². The maximum atomic E-state index is 11.4. The Morgan fingerprint density at radius 3 is 2.71 bits per heavy atom. The number of aryl methyl sites for hydroxylation is 1. The van der Waals surface area contributed by atoms with Crippen molar-refractivity contribution in [3.63, 3.8) is 0 Å². The van der Waals surface area contributed by atoms with Gasteiger partial charge in [0.2, 0.25) is 5.91 Å². The molecular weight excluding hydrogens is 278 g/mol. The molecule has 2 rings (SSSR count). The van der Waals surface area contributed by atoms with Crippen molar-refractivity contribution in [3.05, 3.63) is 46.8 Å². The SMILES string of the molecule is CCCCc1ccc(-c2ccccc2CNC(=O)CC)s1. The van der Waals surface area contributed by atoms with Crippen molar-refractivity contribution < 1.29 is 4.79 Å². The molecule has 0 saturated heterocycles. The van der Waals surface area contributed by atoms with Gasteiger partial charge in [0, 0.05) is 22.7 Å². The van der Waals surface area contributed by atoms with E-state index < -0.39 is 0 Å². The van der Waals surface area contributed by atoms with Crippen LogP contribution < -0.4 is 5.32 Å². The van der Waals surface area contributed by atoms with Crippen LogP contribution in [0.1, 0.15) is 43.6 Å². The Balaban J connectivity index is 2.15. The molecular formula is C18H23NOS. The van der Waals surface area contributed by atoms with Crippen LogP contribution in [-0.4, -0.2) is 5.91 Å². The number of carbonyl (C=O) groups excluding carboxylic acids is 1. The summed E-state index contributed by atoms with van der Waals surface area (Å²) < 4.78 is 0. The van der Waals surface area contributed by atoms with Crippen molar-refractivity contribution in [1.82, 2.24) is 5.32 Å². The molecule has 0 radical (unpaired) electrons. The Morgan fingerprint density at radius 1 is 1.14 bits per heavy atom. The highest BCUT2D eigenvalue weighted by molar-refractivity contribution is 7.15. The second-order valence-electron chi connectivity index (χ2n) is 5.16. The average Bonchev–Trinajstić information content (AvgIpc) is 2.99. The molecule has 2 aromatic rings. The first-order valence-corrected chi connectivity index (χ1v) is 8.50. The minimum atomic E-state index is 0.0969. The highest BCUT2D eigenvalue weighted by Crippen LogP contribution is 2.31. The molecule has 0 aliphatic heterocycles. The molecule has 0 saturated carbocycles. The zero-order valence-corrected chi connectivity index (χ0v) is 13.6. The van der Waals surface area contributed by atoms with Gasteiger partial charge in [0.1, 0.15) is 0 Å². The third-order valence-corrected chi connectivity index (χ3v) is 4.70. The summed E-state index contributed by atoms with van der Waals surface area (Å²) in [6.45, 7) is 4.70. The Hall–Kier alpha value is -1.61. The first-order valence-electron chi connectivity index (χ1n) is 7.68. The van der Waals surface area contributed by atoms with Gasteiger partial charge in [0.05, 0.1) is 0 Å². The summed E-state index contributed by atoms with van der Waals surface area (Å²) in [4.78, 5) is 14.2. The average molecular weight is 301 g/mol. The Labute approximate surface area is 131 Å². The normalized spacial score (nSPS) is 10.6. The molecule has 1 aromatic heterocycles. The first-order chi connectivity index (χ1) is 10.2. The topological polar surface area (TPSA) is 29.1 Å². The van der Waals surface area contributed by atoms with E-state index in [2.05, 4.69) is 42.6 Å². The van der Waals surface area contributed by atoms with Gasteiger partial charge in [-0.05, 0) is 36.1 Å². The predicted octanol–water partition coefficient (Wildman–Crippen LogP) is 4.78. The van der Waals surface area contributed by atoms with Crippen LogP contribution in [0.3, 0.4) is 0 Å². The van der Waals surface area contributed by atoms with E-state index in [-0.39, 0.29) is 5.91 Å². The molecule has 1 N–H and O–H groups in total. The van der Waals surface area contributed by atoms with E-state index in [1.165, 1.54) is 33.7 Å². The van der Waals surface area contributed by atoms with Crippen LogP contribution in [0.2, 0.25) is 0 Å². The molecule has 0 aliphatic rings. The van der Waals surface area contributed by atoms with E-state index in [4.69, 9.17) is 0 Å². The molecule has 0 atom stereocenters. The predicted molar refractivity (Wildman–Crippen MR) is 90.5 cm³/mol. The highest BCUT2D eigenvalue weighted by Gasteiger charge is 2.08. The van der Waals surface area contributed by atoms with Crippen LogP contribution in [0.25, 0.3) is 10.4 Å². The molecule has 0 fully saturated rings. The summed E-state index contributed by atoms with van der Waals surface area (Å²) >= 11 is 1.87. The van der Waals surface area contributed by atoms with Crippen molar-refractivity contribution in [3.8, 4) is 10.4 Å². The maximum Gasteiger partial charge on any atom is 0.219 e. The fourth-order valence-corrected chi connectivity index (χ4v) is 3.35. The highest BCUT2D eigenvalue weighted by atomic mass is 32.1. The number of rotatable bonds is 7. The lowest BCUT2D eigenvalue weighted by Crippen LogP contribution is -2.21. The number of carbonyl (C=O) groups is 1. The molecule has 0 bridgehead atoms. The van der Waals surface area contributed by atoms with Crippen LogP contribution in [0.15, 0.2) is 36.4 Å². The van der Waals surface area contributed by atoms with Gasteiger partial charge in [-0.25, -0.2) is 0 Å². The fraction of sp³-hybridized carbons (Fsp3) is 0.389. The molecule has 0 spiro atoms. The maximum absolute atomic E-state index is 11.4. The molecule has 3 heteroatoms. The van der Waals surface area contributed by atoms with E-state index in [1.54, 1.807) is 0 Å². The van der Waals surface area contributed by atoms with Crippen LogP contribution in [0, 0.1) is 0 Å². The third-order valence-electron chi connectivity index (χ3n) is 3.52. The summed E-state index contributed by atoms with van der Waals surface area (Å²) in [7, 11) is 0. The van der Waals surface area contributed by atoms with Crippen molar-refractivity contribution >= 4 is 17.2 Å². The Kier molecular flexibility index (Phi) is 6.00. The largest absolute Gasteiger partial charge is 0.352 e. The van der Waals surface area contributed by atoms with Crippen LogP contribution in [0.5, 0.6) is 0 Å². The minimum absolute atomic E-state index is 0.0969.